The second-order valence-electron chi connectivity index (χ2n) is 8.05. The van der Waals surface area contributed by atoms with Crippen LogP contribution < -0.4 is 0 Å². The fourth-order valence-corrected chi connectivity index (χ4v) is 4.85. The third kappa shape index (κ3) is 3.90. The van der Waals surface area contributed by atoms with Gasteiger partial charge in [0.05, 0.1) is 6.04 Å². The average Bonchev–Trinajstić information content (AvgIpc) is 3.31. The number of nitrogens with zero attached hydrogens (tertiary/aromatic N) is 3. The number of rotatable bonds is 5. The normalized spacial score (nSPS) is 23.3. The highest BCUT2D eigenvalue weighted by atomic mass is 16.3. The van der Waals surface area contributed by atoms with E-state index >= 15 is 0 Å². The largest absolute Gasteiger partial charge is 0.387 e. The maximum absolute atomic E-state index is 13.2. The van der Waals surface area contributed by atoms with Gasteiger partial charge in [-0.1, -0.05) is 30.3 Å². The fourth-order valence-electron chi connectivity index (χ4n) is 4.85. The van der Waals surface area contributed by atoms with E-state index in [9.17, 15) is 14.7 Å². The van der Waals surface area contributed by atoms with Gasteiger partial charge in [-0.05, 0) is 36.6 Å². The zero-order valence-electron chi connectivity index (χ0n) is 16.7. The summed E-state index contributed by atoms with van der Waals surface area (Å²) in [6.07, 6.45) is 2.81. The summed E-state index contributed by atoms with van der Waals surface area (Å²) in [5, 5.41) is 9.24. The number of aliphatic hydroxyl groups is 1. The number of pyridine rings is 1. The summed E-state index contributed by atoms with van der Waals surface area (Å²) in [5.41, 5.74) is 3.24. The molecule has 0 radical (unpaired) electrons. The van der Waals surface area contributed by atoms with Crippen molar-refractivity contribution in [1.29, 1.82) is 0 Å². The van der Waals surface area contributed by atoms with Gasteiger partial charge in [-0.25, -0.2) is 0 Å². The molecule has 0 aliphatic carbocycles. The van der Waals surface area contributed by atoms with Gasteiger partial charge in [-0.15, -0.1) is 0 Å². The molecule has 29 heavy (non-hydrogen) atoms. The van der Waals surface area contributed by atoms with Crippen LogP contribution in [-0.4, -0.2) is 57.9 Å². The van der Waals surface area contributed by atoms with Crippen molar-refractivity contribution in [3.05, 3.63) is 65.5 Å². The molecular formula is C23H27N3O3. The summed E-state index contributed by atoms with van der Waals surface area (Å²) >= 11 is 0. The van der Waals surface area contributed by atoms with E-state index in [1.54, 1.807) is 11.1 Å². The summed E-state index contributed by atoms with van der Waals surface area (Å²) in [4.78, 5) is 33.3. The lowest BCUT2D eigenvalue weighted by atomic mass is 9.87. The Morgan fingerprint density at radius 3 is 2.59 bits per heavy atom. The minimum absolute atomic E-state index is 0.0334. The first-order chi connectivity index (χ1) is 14.1. The Morgan fingerprint density at radius 2 is 1.86 bits per heavy atom. The van der Waals surface area contributed by atoms with Gasteiger partial charge in [0.1, 0.15) is 6.61 Å². The first-order valence-corrected chi connectivity index (χ1v) is 10.2. The van der Waals surface area contributed by atoms with Crippen LogP contribution in [0.2, 0.25) is 0 Å². The SMILES string of the molecule is Cc1ccccc1[C@@H]1[C@H]2CN(C(=O)CO)C[C@H]2CN1C(=O)CCc1ccccn1. The molecule has 3 heterocycles. The molecule has 152 valence electrons. The van der Waals surface area contributed by atoms with E-state index in [2.05, 4.69) is 24.0 Å². The quantitative estimate of drug-likeness (QED) is 0.843. The summed E-state index contributed by atoms with van der Waals surface area (Å²) in [7, 11) is 0. The number of aromatic nitrogens is 1. The average molecular weight is 393 g/mol. The molecule has 4 rings (SSSR count). The van der Waals surface area contributed by atoms with Gasteiger partial charge in [0.15, 0.2) is 0 Å². The number of carbonyl (C=O) groups excluding carboxylic acids is 2. The maximum atomic E-state index is 13.2. The molecule has 3 atom stereocenters. The molecule has 0 spiro atoms. The van der Waals surface area contributed by atoms with Crippen LogP contribution in [0.5, 0.6) is 0 Å². The Kier molecular flexibility index (Phi) is 5.62. The van der Waals surface area contributed by atoms with Gasteiger partial charge in [0.2, 0.25) is 11.8 Å². The van der Waals surface area contributed by atoms with E-state index < -0.39 is 6.61 Å². The molecule has 2 saturated heterocycles. The summed E-state index contributed by atoms with van der Waals surface area (Å²) in [5.74, 6) is 0.355. The maximum Gasteiger partial charge on any atom is 0.248 e. The van der Waals surface area contributed by atoms with Crippen molar-refractivity contribution in [3.8, 4) is 0 Å². The number of aliphatic hydroxyl groups excluding tert-OH is 1. The van der Waals surface area contributed by atoms with Crippen LogP contribution in [0.25, 0.3) is 0 Å². The molecule has 2 amide bonds. The predicted octanol–water partition coefficient (Wildman–Crippen LogP) is 1.97. The van der Waals surface area contributed by atoms with Crippen LogP contribution in [0.15, 0.2) is 48.7 Å². The molecular weight excluding hydrogens is 366 g/mol. The number of aryl methyl sites for hydroxylation is 2. The second-order valence-corrected chi connectivity index (χ2v) is 8.05. The van der Waals surface area contributed by atoms with Crippen LogP contribution in [0, 0.1) is 18.8 Å². The first kappa shape index (κ1) is 19.6. The minimum Gasteiger partial charge on any atom is -0.387 e. The fraction of sp³-hybridized carbons (Fsp3) is 0.435. The first-order valence-electron chi connectivity index (χ1n) is 10.2. The molecule has 0 unspecified atom stereocenters. The van der Waals surface area contributed by atoms with Crippen molar-refractivity contribution in [1.82, 2.24) is 14.8 Å². The van der Waals surface area contributed by atoms with Crippen LogP contribution in [0.3, 0.4) is 0 Å². The third-order valence-electron chi connectivity index (χ3n) is 6.30. The van der Waals surface area contributed by atoms with Crippen LogP contribution >= 0.6 is 0 Å². The number of hydrogen-bond donors (Lipinski definition) is 1. The Balaban J connectivity index is 1.56. The lowest BCUT2D eigenvalue weighted by Gasteiger charge is -2.31. The Morgan fingerprint density at radius 1 is 1.07 bits per heavy atom. The number of benzene rings is 1. The molecule has 1 aromatic heterocycles. The highest BCUT2D eigenvalue weighted by Crippen LogP contribution is 2.46. The standard InChI is InChI=1S/C23H27N3O3/c1-16-6-2-3-8-19(16)23-20-14-25(22(29)15-27)12-17(20)13-26(23)21(28)10-9-18-7-4-5-11-24-18/h2-8,11,17,20,23,27H,9-10,12-15H2,1H3/t17-,20-,23+/m0/s1. The lowest BCUT2D eigenvalue weighted by Crippen LogP contribution is -2.38. The van der Waals surface area contributed by atoms with E-state index in [1.165, 1.54) is 0 Å². The molecule has 0 bridgehead atoms. The molecule has 2 aliphatic heterocycles. The van der Waals surface area contributed by atoms with Gasteiger partial charge < -0.3 is 14.9 Å². The Labute approximate surface area is 171 Å². The van der Waals surface area contributed by atoms with Gasteiger partial charge in [-0.2, -0.15) is 0 Å². The van der Waals surface area contributed by atoms with Crippen molar-refractivity contribution in [2.45, 2.75) is 25.8 Å². The number of carbonyl (C=O) groups is 2. The van der Waals surface area contributed by atoms with Gasteiger partial charge in [-0.3, -0.25) is 14.6 Å². The molecule has 6 heteroatoms. The molecule has 2 aromatic rings. The van der Waals surface area contributed by atoms with Crippen LogP contribution in [-0.2, 0) is 16.0 Å². The molecule has 1 N–H and O–H groups in total. The lowest BCUT2D eigenvalue weighted by molar-refractivity contribution is -0.134. The van der Waals surface area contributed by atoms with Gasteiger partial charge >= 0.3 is 0 Å². The van der Waals surface area contributed by atoms with Gasteiger partial charge in [0.25, 0.3) is 0 Å². The molecule has 1 aromatic carbocycles. The monoisotopic (exact) mass is 393 g/mol. The van der Waals surface area contributed by atoms with Crippen molar-refractivity contribution in [2.75, 3.05) is 26.2 Å². The van der Waals surface area contributed by atoms with Crippen LogP contribution in [0.4, 0.5) is 0 Å². The smallest absolute Gasteiger partial charge is 0.248 e. The molecule has 6 nitrogen and oxygen atoms in total. The van der Waals surface area contributed by atoms with E-state index in [1.807, 2.05) is 35.2 Å². The van der Waals surface area contributed by atoms with E-state index in [0.29, 0.717) is 32.5 Å². The molecule has 2 aliphatic rings. The van der Waals surface area contributed by atoms with E-state index in [-0.39, 0.29) is 29.7 Å². The number of hydrogen-bond acceptors (Lipinski definition) is 4. The zero-order valence-corrected chi connectivity index (χ0v) is 16.7. The third-order valence-corrected chi connectivity index (χ3v) is 6.30. The van der Waals surface area contributed by atoms with E-state index in [4.69, 9.17) is 0 Å². The van der Waals surface area contributed by atoms with E-state index in [0.717, 1.165) is 16.8 Å². The minimum atomic E-state index is -0.457. The zero-order chi connectivity index (χ0) is 20.4. The number of fused-ring (bicyclic) bond motifs is 1. The molecule has 0 saturated carbocycles. The summed E-state index contributed by atoms with van der Waals surface area (Å²) in [6, 6.07) is 13.9. The molecule has 2 fully saturated rings. The van der Waals surface area contributed by atoms with Crippen LogP contribution in [0.1, 0.15) is 29.3 Å². The highest BCUT2D eigenvalue weighted by Gasteiger charge is 2.50. The Bertz CT molecular complexity index is 886. The number of amides is 2. The van der Waals surface area contributed by atoms with Crippen molar-refractivity contribution in [2.24, 2.45) is 11.8 Å². The summed E-state index contributed by atoms with van der Waals surface area (Å²) in [6.45, 7) is 3.47. The van der Waals surface area contributed by atoms with Gasteiger partial charge in [0, 0.05) is 49.8 Å². The Hall–Kier alpha value is -2.73. The highest BCUT2D eigenvalue weighted by molar-refractivity contribution is 5.79. The number of likely N-dealkylation sites (tertiary alicyclic amines) is 2. The topological polar surface area (TPSA) is 73.7 Å². The van der Waals surface area contributed by atoms with Crippen molar-refractivity contribution < 1.29 is 14.7 Å². The second kappa shape index (κ2) is 8.33. The summed E-state index contributed by atoms with van der Waals surface area (Å²) < 4.78 is 0. The predicted molar refractivity (Wildman–Crippen MR) is 109 cm³/mol. The van der Waals surface area contributed by atoms with Crippen molar-refractivity contribution in [3.63, 3.8) is 0 Å². The van der Waals surface area contributed by atoms with Crippen molar-refractivity contribution >= 4 is 11.8 Å².